The molecule has 2 heterocycles. The number of rotatable bonds is 9. The SMILES string of the molecule is COc1ccc([C@H](CNC(=O)c2ccc(OC[C@@H]3CCCO3)cc2)N2CCCCC2)cc1. The molecule has 0 aliphatic carbocycles. The Morgan fingerprint density at radius 3 is 2.41 bits per heavy atom. The number of likely N-dealkylation sites (tertiary alicyclic amines) is 1. The predicted octanol–water partition coefficient (Wildman–Crippen LogP) is 4.21. The van der Waals surface area contributed by atoms with Crippen LogP contribution in [-0.2, 0) is 4.74 Å². The minimum absolute atomic E-state index is 0.0637. The van der Waals surface area contributed by atoms with Crippen molar-refractivity contribution in [3.63, 3.8) is 0 Å². The van der Waals surface area contributed by atoms with Gasteiger partial charge in [-0.3, -0.25) is 9.69 Å². The first-order valence-corrected chi connectivity index (χ1v) is 11.7. The van der Waals surface area contributed by atoms with Crippen LogP contribution in [0.25, 0.3) is 0 Å². The highest BCUT2D eigenvalue weighted by molar-refractivity contribution is 5.94. The lowest BCUT2D eigenvalue weighted by Gasteiger charge is -2.35. The summed E-state index contributed by atoms with van der Waals surface area (Å²) in [6.07, 6.45) is 6.01. The molecule has 0 bridgehead atoms. The van der Waals surface area contributed by atoms with Crippen LogP contribution in [0.5, 0.6) is 11.5 Å². The number of nitrogens with one attached hydrogen (secondary N) is 1. The molecule has 0 aromatic heterocycles. The summed E-state index contributed by atoms with van der Waals surface area (Å²) in [4.78, 5) is 15.3. The molecule has 2 saturated heterocycles. The zero-order valence-corrected chi connectivity index (χ0v) is 18.9. The van der Waals surface area contributed by atoms with Gasteiger partial charge in [0.15, 0.2) is 0 Å². The molecular weight excluding hydrogens is 404 g/mol. The minimum Gasteiger partial charge on any atom is -0.497 e. The van der Waals surface area contributed by atoms with Gasteiger partial charge in [-0.2, -0.15) is 0 Å². The smallest absolute Gasteiger partial charge is 0.251 e. The van der Waals surface area contributed by atoms with E-state index in [2.05, 4.69) is 22.3 Å². The second kappa shape index (κ2) is 11.3. The Bertz CT molecular complexity index is 841. The largest absolute Gasteiger partial charge is 0.497 e. The quantitative estimate of drug-likeness (QED) is 0.636. The van der Waals surface area contributed by atoms with Gasteiger partial charge in [-0.1, -0.05) is 18.6 Å². The molecule has 1 N–H and O–H groups in total. The van der Waals surface area contributed by atoms with Gasteiger partial charge in [-0.25, -0.2) is 0 Å². The van der Waals surface area contributed by atoms with Gasteiger partial charge in [0.25, 0.3) is 5.91 Å². The maximum atomic E-state index is 12.8. The molecule has 32 heavy (non-hydrogen) atoms. The van der Waals surface area contributed by atoms with Crippen LogP contribution in [-0.4, -0.2) is 56.9 Å². The molecular formula is C26H34N2O4. The number of carbonyl (C=O) groups is 1. The molecule has 6 heteroatoms. The van der Waals surface area contributed by atoms with Crippen molar-refractivity contribution in [2.45, 2.75) is 44.2 Å². The Balaban J connectivity index is 1.35. The summed E-state index contributed by atoms with van der Waals surface area (Å²) in [5.41, 5.74) is 1.84. The molecule has 0 unspecified atom stereocenters. The highest BCUT2D eigenvalue weighted by Gasteiger charge is 2.23. The number of methoxy groups -OCH3 is 1. The van der Waals surface area contributed by atoms with Gasteiger partial charge in [-0.05, 0) is 80.7 Å². The Hall–Kier alpha value is -2.57. The first kappa shape index (κ1) is 22.6. The molecule has 2 aliphatic rings. The first-order chi connectivity index (χ1) is 15.7. The van der Waals surface area contributed by atoms with Crippen LogP contribution in [0.15, 0.2) is 48.5 Å². The lowest BCUT2D eigenvalue weighted by atomic mass is 10.0. The fourth-order valence-electron chi connectivity index (χ4n) is 4.47. The molecule has 2 aromatic rings. The summed E-state index contributed by atoms with van der Waals surface area (Å²) in [6.45, 7) is 4.07. The van der Waals surface area contributed by atoms with Gasteiger partial charge in [0.1, 0.15) is 18.1 Å². The molecule has 2 aromatic carbocycles. The number of benzene rings is 2. The Morgan fingerprint density at radius 2 is 1.75 bits per heavy atom. The van der Waals surface area contributed by atoms with Crippen molar-refractivity contribution in [3.05, 3.63) is 59.7 Å². The minimum atomic E-state index is -0.0637. The van der Waals surface area contributed by atoms with E-state index < -0.39 is 0 Å². The molecule has 1 amide bonds. The van der Waals surface area contributed by atoms with Crippen molar-refractivity contribution in [3.8, 4) is 11.5 Å². The maximum absolute atomic E-state index is 12.8. The van der Waals surface area contributed by atoms with Crippen LogP contribution in [0.4, 0.5) is 0 Å². The van der Waals surface area contributed by atoms with Crippen molar-refractivity contribution in [2.75, 3.05) is 40.0 Å². The van der Waals surface area contributed by atoms with E-state index in [0.717, 1.165) is 44.0 Å². The fourth-order valence-corrected chi connectivity index (χ4v) is 4.47. The Labute approximate surface area is 190 Å². The Kier molecular flexibility index (Phi) is 8.02. The highest BCUT2D eigenvalue weighted by atomic mass is 16.5. The van der Waals surface area contributed by atoms with Crippen LogP contribution < -0.4 is 14.8 Å². The van der Waals surface area contributed by atoms with E-state index in [1.807, 2.05) is 36.4 Å². The fraction of sp³-hybridized carbons (Fsp3) is 0.500. The van der Waals surface area contributed by atoms with E-state index in [0.29, 0.717) is 18.7 Å². The number of hydrogen-bond donors (Lipinski definition) is 1. The number of hydrogen-bond acceptors (Lipinski definition) is 5. The van der Waals surface area contributed by atoms with E-state index in [4.69, 9.17) is 14.2 Å². The van der Waals surface area contributed by atoms with Crippen LogP contribution in [0.2, 0.25) is 0 Å². The molecule has 0 radical (unpaired) electrons. The summed E-state index contributed by atoms with van der Waals surface area (Å²) >= 11 is 0. The molecule has 0 spiro atoms. The van der Waals surface area contributed by atoms with Gasteiger partial charge >= 0.3 is 0 Å². The van der Waals surface area contributed by atoms with Crippen molar-refractivity contribution in [1.82, 2.24) is 10.2 Å². The standard InChI is InChI=1S/C26H34N2O4/c1-30-22-11-7-20(8-12-22)25(28-15-3-2-4-16-28)18-27-26(29)21-9-13-23(14-10-21)32-19-24-6-5-17-31-24/h7-14,24-25H,2-6,15-19H2,1H3,(H,27,29)/t24-,25-/m0/s1. The van der Waals surface area contributed by atoms with Crippen molar-refractivity contribution in [1.29, 1.82) is 0 Å². The Morgan fingerprint density at radius 1 is 1.03 bits per heavy atom. The number of carbonyl (C=O) groups excluding carboxylic acids is 1. The average Bonchev–Trinajstić information content (AvgIpc) is 3.38. The summed E-state index contributed by atoms with van der Waals surface area (Å²) < 4.78 is 16.7. The number of nitrogens with zero attached hydrogens (tertiary/aromatic N) is 1. The van der Waals surface area contributed by atoms with Gasteiger partial charge in [0.2, 0.25) is 0 Å². The summed E-state index contributed by atoms with van der Waals surface area (Å²) in [7, 11) is 1.68. The summed E-state index contributed by atoms with van der Waals surface area (Å²) in [5, 5.41) is 3.15. The second-order valence-electron chi connectivity index (χ2n) is 8.57. The lowest BCUT2D eigenvalue weighted by Crippen LogP contribution is -2.40. The van der Waals surface area contributed by atoms with Gasteiger partial charge in [0, 0.05) is 18.7 Å². The van der Waals surface area contributed by atoms with Crippen LogP contribution in [0, 0.1) is 0 Å². The van der Waals surface area contributed by atoms with Crippen LogP contribution in [0.3, 0.4) is 0 Å². The van der Waals surface area contributed by atoms with Gasteiger partial charge in [-0.15, -0.1) is 0 Å². The second-order valence-corrected chi connectivity index (χ2v) is 8.57. The van der Waals surface area contributed by atoms with Gasteiger partial charge in [0.05, 0.1) is 19.3 Å². The third-order valence-corrected chi connectivity index (χ3v) is 6.36. The van der Waals surface area contributed by atoms with Crippen molar-refractivity contribution >= 4 is 5.91 Å². The maximum Gasteiger partial charge on any atom is 0.251 e. The topological polar surface area (TPSA) is 60.0 Å². The van der Waals surface area contributed by atoms with E-state index in [1.165, 1.54) is 24.8 Å². The first-order valence-electron chi connectivity index (χ1n) is 11.7. The summed E-state index contributed by atoms with van der Waals surface area (Å²) in [5.74, 6) is 1.55. The van der Waals surface area contributed by atoms with E-state index in [-0.39, 0.29) is 18.1 Å². The van der Waals surface area contributed by atoms with Gasteiger partial charge < -0.3 is 19.5 Å². The molecule has 2 atom stereocenters. The van der Waals surface area contributed by atoms with Crippen LogP contribution in [0.1, 0.15) is 54.1 Å². The van der Waals surface area contributed by atoms with Crippen molar-refractivity contribution in [2.24, 2.45) is 0 Å². The predicted molar refractivity (Wildman–Crippen MR) is 124 cm³/mol. The third kappa shape index (κ3) is 6.02. The molecule has 2 aliphatic heterocycles. The zero-order valence-electron chi connectivity index (χ0n) is 18.9. The normalized spacial score (nSPS) is 20.0. The van der Waals surface area contributed by atoms with E-state index in [9.17, 15) is 4.79 Å². The third-order valence-electron chi connectivity index (χ3n) is 6.36. The van der Waals surface area contributed by atoms with Crippen molar-refractivity contribution < 1.29 is 19.0 Å². The number of ether oxygens (including phenoxy) is 3. The average molecular weight is 439 g/mol. The molecule has 0 saturated carbocycles. The summed E-state index contributed by atoms with van der Waals surface area (Å²) in [6, 6.07) is 15.7. The highest BCUT2D eigenvalue weighted by Crippen LogP contribution is 2.26. The van der Waals surface area contributed by atoms with Crippen LogP contribution >= 0.6 is 0 Å². The molecule has 4 rings (SSSR count). The molecule has 2 fully saturated rings. The zero-order chi connectivity index (χ0) is 22.2. The monoisotopic (exact) mass is 438 g/mol. The number of piperidine rings is 1. The van der Waals surface area contributed by atoms with E-state index >= 15 is 0 Å². The molecule has 6 nitrogen and oxygen atoms in total. The number of amides is 1. The lowest BCUT2D eigenvalue weighted by molar-refractivity contribution is 0.0679. The molecule has 172 valence electrons. The van der Waals surface area contributed by atoms with E-state index in [1.54, 1.807) is 7.11 Å².